The Bertz CT molecular complexity index is 942. The Hall–Kier alpha value is -2.68. The highest BCUT2D eigenvalue weighted by Crippen LogP contribution is 2.31. The molecule has 1 N–H and O–H groups in total. The number of esters is 1. The lowest BCUT2D eigenvalue weighted by Crippen LogP contribution is -2.12. The van der Waals surface area contributed by atoms with Crippen LogP contribution in [0.3, 0.4) is 0 Å². The molecular formula is C20H18ClNO6S. The molecule has 0 aliphatic rings. The number of hydrogen-bond donors (Lipinski definition) is 1. The maximum Gasteiger partial charge on any atom is 0.338 e. The summed E-state index contributed by atoms with van der Waals surface area (Å²) in [5, 5.41) is 12.4. The van der Waals surface area contributed by atoms with Gasteiger partial charge in [-0.25, -0.2) is 9.59 Å². The van der Waals surface area contributed by atoms with E-state index in [0.717, 1.165) is 9.79 Å². The number of carbonyl (C=O) groups is 3. The molecule has 0 saturated heterocycles. The molecule has 0 spiro atoms. The van der Waals surface area contributed by atoms with Gasteiger partial charge in [-0.05, 0) is 49.4 Å². The van der Waals surface area contributed by atoms with Gasteiger partial charge in [0.05, 0.1) is 17.2 Å². The fraction of sp³-hybridized carbons (Fsp3) is 0.200. The molecule has 0 unspecified atom stereocenters. The average molecular weight is 436 g/mol. The number of aliphatic hydroxyl groups is 1. The van der Waals surface area contributed by atoms with Crippen LogP contribution in [0.15, 0.2) is 57.4 Å². The second-order valence-corrected chi connectivity index (χ2v) is 7.27. The number of oxime groups is 1. The summed E-state index contributed by atoms with van der Waals surface area (Å²) >= 11 is 7.63. The first kappa shape index (κ1) is 22.6. The second-order valence-electron chi connectivity index (χ2n) is 5.72. The summed E-state index contributed by atoms with van der Waals surface area (Å²) in [5.41, 5.74) is 0.627. The van der Waals surface area contributed by atoms with Crippen LogP contribution in [-0.4, -0.2) is 41.8 Å². The van der Waals surface area contributed by atoms with Crippen molar-refractivity contribution in [2.24, 2.45) is 5.16 Å². The van der Waals surface area contributed by atoms with E-state index in [2.05, 4.69) is 9.99 Å². The minimum Gasteiger partial charge on any atom is -0.460 e. The van der Waals surface area contributed by atoms with E-state index in [1.807, 2.05) is 0 Å². The van der Waals surface area contributed by atoms with Crippen LogP contribution in [0.1, 0.15) is 34.6 Å². The van der Waals surface area contributed by atoms with Crippen LogP contribution in [0, 0.1) is 0 Å². The number of ether oxygens (including phenoxy) is 1. The standard InChI is InChI=1S/C20H18ClNO6S/c1-12(22-28-13(2)24)19(25)17-8-7-16(11-18(17)21)29-15-5-3-14(4-6-15)20(26)27-10-9-23/h3-8,11,23H,9-10H2,1-2H3/b22-12+. The van der Waals surface area contributed by atoms with E-state index in [1.165, 1.54) is 25.6 Å². The maximum absolute atomic E-state index is 12.4. The third kappa shape index (κ3) is 6.70. The van der Waals surface area contributed by atoms with Crippen LogP contribution >= 0.6 is 23.4 Å². The molecule has 29 heavy (non-hydrogen) atoms. The summed E-state index contributed by atoms with van der Waals surface area (Å²) in [6.45, 7) is 2.33. The number of aliphatic hydroxyl groups excluding tert-OH is 1. The number of ketones is 1. The summed E-state index contributed by atoms with van der Waals surface area (Å²) < 4.78 is 4.85. The summed E-state index contributed by atoms with van der Waals surface area (Å²) in [6.07, 6.45) is 0. The van der Waals surface area contributed by atoms with Crippen molar-refractivity contribution < 1.29 is 29.1 Å². The zero-order valence-corrected chi connectivity index (χ0v) is 17.2. The number of benzene rings is 2. The van der Waals surface area contributed by atoms with Crippen LogP contribution in [0.4, 0.5) is 0 Å². The Labute approximate surface area is 176 Å². The fourth-order valence-electron chi connectivity index (χ4n) is 2.13. The summed E-state index contributed by atoms with van der Waals surface area (Å²) in [7, 11) is 0. The summed E-state index contributed by atoms with van der Waals surface area (Å²) in [6, 6.07) is 11.7. The van der Waals surface area contributed by atoms with Crippen molar-refractivity contribution >= 4 is 46.8 Å². The van der Waals surface area contributed by atoms with E-state index < -0.39 is 17.7 Å². The molecule has 0 amide bonds. The predicted octanol–water partition coefficient (Wildman–Crippen LogP) is 3.76. The van der Waals surface area contributed by atoms with Crippen molar-refractivity contribution in [2.75, 3.05) is 13.2 Å². The van der Waals surface area contributed by atoms with Gasteiger partial charge in [-0.2, -0.15) is 0 Å². The van der Waals surface area contributed by atoms with Crippen LogP contribution in [0.5, 0.6) is 0 Å². The lowest BCUT2D eigenvalue weighted by Gasteiger charge is -2.07. The molecule has 9 heteroatoms. The molecule has 0 bridgehead atoms. The number of hydrogen-bond acceptors (Lipinski definition) is 8. The molecule has 2 rings (SSSR count). The second kappa shape index (κ2) is 10.8. The SMILES string of the molecule is CC(=O)O/N=C(\C)C(=O)c1ccc(Sc2ccc(C(=O)OCCO)cc2)cc1Cl. The molecule has 2 aromatic carbocycles. The van der Waals surface area contributed by atoms with Gasteiger partial charge in [0, 0.05) is 22.3 Å². The van der Waals surface area contributed by atoms with Crippen molar-refractivity contribution in [1.82, 2.24) is 0 Å². The number of carbonyl (C=O) groups excluding carboxylic acids is 3. The molecular weight excluding hydrogens is 418 g/mol. The van der Waals surface area contributed by atoms with E-state index in [1.54, 1.807) is 42.5 Å². The third-order valence-electron chi connectivity index (χ3n) is 3.48. The Balaban J connectivity index is 2.09. The molecule has 0 saturated carbocycles. The third-order valence-corrected chi connectivity index (χ3v) is 4.79. The highest BCUT2D eigenvalue weighted by atomic mass is 35.5. The Morgan fingerprint density at radius 1 is 1.07 bits per heavy atom. The molecule has 0 fully saturated rings. The minimum atomic E-state index is -0.623. The van der Waals surface area contributed by atoms with Crippen LogP contribution in [-0.2, 0) is 14.4 Å². The van der Waals surface area contributed by atoms with Gasteiger partial charge < -0.3 is 14.7 Å². The number of Topliss-reactive ketones (excluding diaryl/α,β-unsaturated/α-hetero) is 1. The van der Waals surface area contributed by atoms with Gasteiger partial charge in [0.1, 0.15) is 12.3 Å². The zero-order valence-electron chi connectivity index (χ0n) is 15.7. The monoisotopic (exact) mass is 435 g/mol. The topological polar surface area (TPSA) is 102 Å². The molecule has 0 aliphatic carbocycles. The summed E-state index contributed by atoms with van der Waals surface area (Å²) in [4.78, 5) is 41.0. The van der Waals surface area contributed by atoms with Crippen molar-refractivity contribution in [3.05, 3.63) is 58.6 Å². The normalized spacial score (nSPS) is 11.1. The zero-order chi connectivity index (χ0) is 21.4. The van der Waals surface area contributed by atoms with E-state index in [-0.39, 0.29) is 29.5 Å². The fourth-order valence-corrected chi connectivity index (χ4v) is 3.32. The van der Waals surface area contributed by atoms with E-state index in [4.69, 9.17) is 21.4 Å². The summed E-state index contributed by atoms with van der Waals surface area (Å²) in [5.74, 6) is -1.58. The Morgan fingerprint density at radius 2 is 1.72 bits per heavy atom. The number of halogens is 1. The van der Waals surface area contributed by atoms with Gasteiger partial charge in [0.25, 0.3) is 0 Å². The maximum atomic E-state index is 12.4. The largest absolute Gasteiger partial charge is 0.460 e. The highest BCUT2D eigenvalue weighted by molar-refractivity contribution is 7.99. The molecule has 0 radical (unpaired) electrons. The van der Waals surface area contributed by atoms with Gasteiger partial charge in [-0.3, -0.25) is 4.79 Å². The first-order chi connectivity index (χ1) is 13.8. The molecule has 152 valence electrons. The van der Waals surface area contributed by atoms with Crippen molar-refractivity contribution in [3.8, 4) is 0 Å². The van der Waals surface area contributed by atoms with Crippen molar-refractivity contribution in [2.45, 2.75) is 23.6 Å². The minimum absolute atomic E-state index is 0.00572. The van der Waals surface area contributed by atoms with Crippen LogP contribution < -0.4 is 0 Å². The Morgan fingerprint density at radius 3 is 2.31 bits per heavy atom. The highest BCUT2D eigenvalue weighted by Gasteiger charge is 2.15. The van der Waals surface area contributed by atoms with Crippen molar-refractivity contribution in [3.63, 3.8) is 0 Å². The number of nitrogens with zero attached hydrogens (tertiary/aromatic N) is 1. The van der Waals surface area contributed by atoms with Gasteiger partial charge in [-0.15, -0.1) is 0 Å². The average Bonchev–Trinajstić information content (AvgIpc) is 2.70. The van der Waals surface area contributed by atoms with E-state index in [0.29, 0.717) is 5.56 Å². The van der Waals surface area contributed by atoms with Crippen molar-refractivity contribution in [1.29, 1.82) is 0 Å². The molecule has 0 atom stereocenters. The first-order valence-corrected chi connectivity index (χ1v) is 9.63. The molecule has 0 aliphatic heterocycles. The lowest BCUT2D eigenvalue weighted by atomic mass is 10.1. The van der Waals surface area contributed by atoms with E-state index in [9.17, 15) is 14.4 Å². The van der Waals surface area contributed by atoms with Crippen LogP contribution in [0.25, 0.3) is 0 Å². The Kier molecular flexibility index (Phi) is 8.38. The van der Waals surface area contributed by atoms with Gasteiger partial charge in [0.15, 0.2) is 0 Å². The molecule has 0 heterocycles. The first-order valence-electron chi connectivity index (χ1n) is 8.44. The number of rotatable bonds is 8. The van der Waals surface area contributed by atoms with E-state index >= 15 is 0 Å². The van der Waals surface area contributed by atoms with Gasteiger partial charge in [-0.1, -0.05) is 28.5 Å². The smallest absolute Gasteiger partial charge is 0.338 e. The molecule has 2 aromatic rings. The lowest BCUT2D eigenvalue weighted by molar-refractivity contribution is -0.140. The molecule has 0 aromatic heterocycles. The predicted molar refractivity (Wildman–Crippen MR) is 109 cm³/mol. The van der Waals surface area contributed by atoms with Crippen LogP contribution in [0.2, 0.25) is 5.02 Å². The quantitative estimate of drug-likeness (QED) is 0.221. The van der Waals surface area contributed by atoms with Gasteiger partial charge in [0.2, 0.25) is 5.78 Å². The van der Waals surface area contributed by atoms with Gasteiger partial charge >= 0.3 is 11.9 Å². The molecule has 7 nitrogen and oxygen atoms in total.